The van der Waals surface area contributed by atoms with Crippen LogP contribution in [0, 0.1) is 5.92 Å². The average Bonchev–Trinajstić information content (AvgIpc) is 2.54. The van der Waals surface area contributed by atoms with Crippen LogP contribution in [-0.4, -0.2) is 27.0 Å². The highest BCUT2D eigenvalue weighted by molar-refractivity contribution is 5.43. The van der Waals surface area contributed by atoms with E-state index in [0.29, 0.717) is 30.9 Å². The van der Waals surface area contributed by atoms with E-state index in [-0.39, 0.29) is 5.41 Å². The van der Waals surface area contributed by atoms with Crippen molar-refractivity contribution in [3.8, 4) is 5.75 Å². The van der Waals surface area contributed by atoms with E-state index in [9.17, 15) is 15.3 Å². The summed E-state index contributed by atoms with van der Waals surface area (Å²) in [5.74, 6) is 0.735. The number of phenols is 1. The van der Waals surface area contributed by atoms with E-state index in [4.69, 9.17) is 0 Å². The lowest BCUT2D eigenvalue weighted by atomic mass is 9.52. The fourth-order valence-electron chi connectivity index (χ4n) is 5.15. The molecule has 0 saturated heterocycles. The molecule has 23 heavy (non-hydrogen) atoms. The molecule has 1 fully saturated rings. The second-order valence-corrected chi connectivity index (χ2v) is 7.72. The molecule has 0 amide bonds. The molecule has 2 aliphatic rings. The molecule has 3 rings (SSSR count). The topological polar surface area (TPSA) is 60.7 Å². The normalized spacial score (nSPS) is 36.3. The second-order valence-electron chi connectivity index (χ2n) is 7.72. The van der Waals surface area contributed by atoms with Crippen molar-refractivity contribution in [3.05, 3.63) is 29.3 Å². The predicted octanol–water partition coefficient (Wildman–Crippen LogP) is 3.68. The Morgan fingerprint density at radius 2 is 2.00 bits per heavy atom. The summed E-state index contributed by atoms with van der Waals surface area (Å²) in [4.78, 5) is 0. The van der Waals surface area contributed by atoms with Gasteiger partial charge in [0.2, 0.25) is 0 Å². The maximum Gasteiger partial charge on any atom is 0.115 e. The van der Waals surface area contributed by atoms with E-state index in [1.807, 2.05) is 12.1 Å². The van der Waals surface area contributed by atoms with E-state index in [1.54, 1.807) is 6.07 Å². The molecule has 1 aromatic rings. The van der Waals surface area contributed by atoms with Gasteiger partial charge in [-0.1, -0.05) is 32.8 Å². The van der Waals surface area contributed by atoms with Gasteiger partial charge in [-0.15, -0.1) is 0 Å². The minimum atomic E-state index is -0.923. The van der Waals surface area contributed by atoms with Gasteiger partial charge in [0.05, 0.1) is 11.7 Å². The van der Waals surface area contributed by atoms with Crippen LogP contribution in [0.3, 0.4) is 0 Å². The lowest BCUT2D eigenvalue weighted by molar-refractivity contribution is -0.144. The number of aliphatic hydroxyl groups is 2. The first kappa shape index (κ1) is 16.8. The molecule has 128 valence electrons. The van der Waals surface area contributed by atoms with Crippen molar-refractivity contribution in [1.29, 1.82) is 0 Å². The first-order valence-electron chi connectivity index (χ1n) is 9.18. The van der Waals surface area contributed by atoms with Crippen LogP contribution in [0.2, 0.25) is 0 Å². The number of hydrogen-bond acceptors (Lipinski definition) is 3. The molecule has 0 spiro atoms. The summed E-state index contributed by atoms with van der Waals surface area (Å²) in [5, 5.41) is 31.6. The fourth-order valence-corrected chi connectivity index (χ4v) is 5.15. The van der Waals surface area contributed by atoms with Crippen LogP contribution < -0.4 is 0 Å². The Labute approximate surface area is 139 Å². The molecule has 2 aliphatic carbocycles. The van der Waals surface area contributed by atoms with E-state index in [0.717, 1.165) is 32.1 Å². The number of hydrogen-bond donors (Lipinski definition) is 3. The molecular formula is C20H30O3. The molecule has 3 heteroatoms. The molecule has 0 heterocycles. The summed E-state index contributed by atoms with van der Waals surface area (Å²) >= 11 is 0. The summed E-state index contributed by atoms with van der Waals surface area (Å²) in [7, 11) is 0. The standard InChI is InChI=1S/C20H30O3/c1-3-5-10-20(23)12-15-7-6-14-11-16(21)8-9-17(14)19(15,4-2)13-18(20)22/h8-9,11,15,18,21-23H,3-7,10,12-13H2,1-2H3. The SMILES string of the molecule is CCCCC1(O)CC2CCc3cc(O)ccc3C2(CC)CC1O. The molecule has 3 N–H and O–H groups in total. The Morgan fingerprint density at radius 3 is 2.70 bits per heavy atom. The summed E-state index contributed by atoms with van der Waals surface area (Å²) in [5.41, 5.74) is 1.52. The van der Waals surface area contributed by atoms with Crippen LogP contribution in [-0.2, 0) is 11.8 Å². The van der Waals surface area contributed by atoms with Gasteiger partial charge in [-0.2, -0.15) is 0 Å². The highest BCUT2D eigenvalue weighted by atomic mass is 16.3. The monoisotopic (exact) mass is 318 g/mol. The molecule has 0 aromatic heterocycles. The van der Waals surface area contributed by atoms with Gasteiger partial charge in [-0.05, 0) is 67.7 Å². The zero-order chi connectivity index (χ0) is 16.7. The van der Waals surface area contributed by atoms with Crippen molar-refractivity contribution in [1.82, 2.24) is 0 Å². The van der Waals surface area contributed by atoms with Gasteiger partial charge in [0.1, 0.15) is 5.75 Å². The number of aromatic hydroxyl groups is 1. The molecule has 0 bridgehead atoms. The third-order valence-corrected chi connectivity index (χ3v) is 6.54. The minimum Gasteiger partial charge on any atom is -0.508 e. The van der Waals surface area contributed by atoms with Crippen molar-refractivity contribution in [2.24, 2.45) is 5.92 Å². The van der Waals surface area contributed by atoms with Crippen molar-refractivity contribution in [3.63, 3.8) is 0 Å². The fraction of sp³-hybridized carbons (Fsp3) is 0.700. The number of unbranched alkanes of at least 4 members (excludes halogenated alkanes) is 1. The molecule has 1 aromatic carbocycles. The van der Waals surface area contributed by atoms with Gasteiger partial charge in [-0.25, -0.2) is 0 Å². The van der Waals surface area contributed by atoms with Crippen molar-refractivity contribution >= 4 is 0 Å². The van der Waals surface area contributed by atoms with Crippen LogP contribution >= 0.6 is 0 Å². The molecule has 3 nitrogen and oxygen atoms in total. The maximum absolute atomic E-state index is 11.0. The lowest BCUT2D eigenvalue weighted by Gasteiger charge is -2.55. The van der Waals surface area contributed by atoms with Crippen LogP contribution in [0.4, 0.5) is 0 Å². The Bertz CT molecular complexity index is 570. The zero-order valence-corrected chi connectivity index (χ0v) is 14.4. The molecule has 0 radical (unpaired) electrons. The largest absolute Gasteiger partial charge is 0.508 e. The van der Waals surface area contributed by atoms with E-state index < -0.39 is 11.7 Å². The third-order valence-electron chi connectivity index (χ3n) is 6.54. The molecule has 1 saturated carbocycles. The van der Waals surface area contributed by atoms with Crippen molar-refractivity contribution in [2.45, 2.75) is 82.3 Å². The quantitative estimate of drug-likeness (QED) is 0.793. The van der Waals surface area contributed by atoms with Crippen LogP contribution in [0.15, 0.2) is 18.2 Å². The van der Waals surface area contributed by atoms with Gasteiger partial charge in [0.15, 0.2) is 0 Å². The first-order chi connectivity index (χ1) is 10.9. The predicted molar refractivity (Wildman–Crippen MR) is 91.6 cm³/mol. The number of phenolic OH excluding ortho intramolecular Hbond substituents is 1. The lowest BCUT2D eigenvalue weighted by Crippen LogP contribution is -2.57. The summed E-state index contributed by atoms with van der Waals surface area (Å²) < 4.78 is 0. The average molecular weight is 318 g/mol. The maximum atomic E-state index is 11.0. The Hall–Kier alpha value is -1.06. The number of rotatable bonds is 4. The third kappa shape index (κ3) is 2.68. The van der Waals surface area contributed by atoms with Gasteiger partial charge in [-0.3, -0.25) is 0 Å². The highest BCUT2D eigenvalue weighted by Crippen LogP contribution is 2.55. The van der Waals surface area contributed by atoms with E-state index in [1.165, 1.54) is 11.1 Å². The minimum absolute atomic E-state index is 0.0564. The molecular weight excluding hydrogens is 288 g/mol. The summed E-state index contributed by atoms with van der Waals surface area (Å²) in [6.45, 7) is 4.32. The molecule has 0 aliphatic heterocycles. The summed E-state index contributed by atoms with van der Waals surface area (Å²) in [6, 6.07) is 5.69. The van der Waals surface area contributed by atoms with Gasteiger partial charge in [0.25, 0.3) is 0 Å². The highest BCUT2D eigenvalue weighted by Gasteiger charge is 2.54. The number of aryl methyl sites for hydroxylation is 1. The zero-order valence-electron chi connectivity index (χ0n) is 14.4. The van der Waals surface area contributed by atoms with Crippen molar-refractivity contribution < 1.29 is 15.3 Å². The van der Waals surface area contributed by atoms with Gasteiger partial charge in [0, 0.05) is 5.41 Å². The van der Waals surface area contributed by atoms with Crippen LogP contribution in [0.1, 0.15) is 69.9 Å². The Kier molecular flexibility index (Phi) is 4.45. The van der Waals surface area contributed by atoms with Crippen LogP contribution in [0.5, 0.6) is 5.75 Å². The number of aliphatic hydroxyl groups excluding tert-OH is 1. The smallest absolute Gasteiger partial charge is 0.115 e. The van der Waals surface area contributed by atoms with Crippen molar-refractivity contribution in [2.75, 3.05) is 0 Å². The van der Waals surface area contributed by atoms with Crippen LogP contribution in [0.25, 0.3) is 0 Å². The van der Waals surface area contributed by atoms with E-state index >= 15 is 0 Å². The van der Waals surface area contributed by atoms with E-state index in [2.05, 4.69) is 13.8 Å². The van der Waals surface area contributed by atoms with Gasteiger partial charge < -0.3 is 15.3 Å². The Morgan fingerprint density at radius 1 is 1.22 bits per heavy atom. The molecule has 4 unspecified atom stereocenters. The summed E-state index contributed by atoms with van der Waals surface area (Å²) in [6.07, 6.45) is 6.32. The van der Waals surface area contributed by atoms with Gasteiger partial charge >= 0.3 is 0 Å². The number of benzene rings is 1. The molecule has 4 atom stereocenters. The second kappa shape index (κ2) is 6.10. The number of fused-ring (bicyclic) bond motifs is 3. The Balaban J connectivity index is 1.96. The first-order valence-corrected chi connectivity index (χ1v) is 9.18.